The number of fused-ring (bicyclic) bond motifs is 1. The molecule has 1 aromatic rings. The van der Waals surface area contributed by atoms with E-state index >= 15 is 0 Å². The normalized spacial score (nSPS) is 25.4. The summed E-state index contributed by atoms with van der Waals surface area (Å²) < 4.78 is 4.95. The molecule has 1 amide bonds. The lowest BCUT2D eigenvalue weighted by molar-refractivity contribution is -0.0343. The van der Waals surface area contributed by atoms with E-state index in [1.807, 2.05) is 0 Å². The third kappa shape index (κ3) is 1.29. The van der Waals surface area contributed by atoms with E-state index in [0.717, 1.165) is 0 Å². The molecule has 0 aliphatic carbocycles. The summed E-state index contributed by atoms with van der Waals surface area (Å²) in [6.07, 6.45) is -1.45. The van der Waals surface area contributed by atoms with Gasteiger partial charge in [-0.3, -0.25) is 4.79 Å². The van der Waals surface area contributed by atoms with Gasteiger partial charge in [0.25, 0.3) is 5.91 Å². The summed E-state index contributed by atoms with van der Waals surface area (Å²) >= 11 is 0. The number of aliphatic hydroxyl groups excluding tert-OH is 1. The molecule has 4 heteroatoms. The number of hydrogen-bond acceptors (Lipinski definition) is 3. The van der Waals surface area contributed by atoms with Crippen molar-refractivity contribution >= 4 is 5.91 Å². The summed E-state index contributed by atoms with van der Waals surface area (Å²) in [5.74, 6) is -0.210. The predicted molar refractivity (Wildman–Crippen MR) is 49.7 cm³/mol. The monoisotopic (exact) mass is 193 g/mol. The number of rotatable bonds is 1. The summed E-state index contributed by atoms with van der Waals surface area (Å²) in [7, 11) is 1.45. The van der Waals surface area contributed by atoms with Gasteiger partial charge in [0.05, 0.1) is 0 Å². The third-order valence-corrected chi connectivity index (χ3v) is 2.34. The second kappa shape index (κ2) is 3.40. The van der Waals surface area contributed by atoms with E-state index in [1.165, 1.54) is 7.11 Å². The van der Waals surface area contributed by atoms with E-state index in [0.29, 0.717) is 11.1 Å². The molecule has 0 fully saturated rings. The fourth-order valence-electron chi connectivity index (χ4n) is 1.60. The second-order valence-corrected chi connectivity index (χ2v) is 3.16. The summed E-state index contributed by atoms with van der Waals surface area (Å²) in [4.78, 5) is 11.5. The van der Waals surface area contributed by atoms with Gasteiger partial charge in [0.2, 0.25) is 0 Å². The summed E-state index contributed by atoms with van der Waals surface area (Å²) in [5.41, 5.74) is 1.12. The van der Waals surface area contributed by atoms with Crippen molar-refractivity contribution in [3.8, 4) is 0 Å². The van der Waals surface area contributed by atoms with E-state index in [1.54, 1.807) is 24.3 Å². The molecule has 1 aliphatic heterocycles. The zero-order chi connectivity index (χ0) is 10.1. The van der Waals surface area contributed by atoms with Crippen LogP contribution in [0.25, 0.3) is 0 Å². The zero-order valence-electron chi connectivity index (χ0n) is 7.73. The van der Waals surface area contributed by atoms with Crippen molar-refractivity contribution in [2.24, 2.45) is 0 Å². The Morgan fingerprint density at radius 2 is 2.14 bits per heavy atom. The van der Waals surface area contributed by atoms with E-state index < -0.39 is 12.3 Å². The van der Waals surface area contributed by atoms with E-state index in [9.17, 15) is 9.90 Å². The molecule has 1 aromatic carbocycles. The highest BCUT2D eigenvalue weighted by Crippen LogP contribution is 2.25. The number of carbonyl (C=O) groups is 1. The van der Waals surface area contributed by atoms with Gasteiger partial charge in [-0.25, -0.2) is 0 Å². The number of benzene rings is 1. The first-order valence-electron chi connectivity index (χ1n) is 4.34. The van der Waals surface area contributed by atoms with Crippen LogP contribution in [-0.4, -0.2) is 24.4 Å². The average molecular weight is 193 g/mol. The van der Waals surface area contributed by atoms with Crippen LogP contribution in [0.3, 0.4) is 0 Å². The van der Waals surface area contributed by atoms with Crippen molar-refractivity contribution < 1.29 is 14.6 Å². The maximum absolute atomic E-state index is 11.5. The molecule has 4 nitrogen and oxygen atoms in total. The molecule has 2 unspecified atom stereocenters. The fourth-order valence-corrected chi connectivity index (χ4v) is 1.60. The van der Waals surface area contributed by atoms with E-state index in [-0.39, 0.29) is 5.91 Å². The van der Waals surface area contributed by atoms with Crippen LogP contribution in [-0.2, 0) is 4.74 Å². The lowest BCUT2D eigenvalue weighted by Gasteiger charge is -2.29. The maximum Gasteiger partial charge on any atom is 0.253 e. The molecule has 0 saturated carbocycles. The third-order valence-electron chi connectivity index (χ3n) is 2.34. The van der Waals surface area contributed by atoms with Gasteiger partial charge in [0.1, 0.15) is 6.10 Å². The Morgan fingerprint density at radius 3 is 2.86 bits per heavy atom. The largest absolute Gasteiger partial charge is 0.384 e. The lowest BCUT2D eigenvalue weighted by atomic mass is 9.97. The van der Waals surface area contributed by atoms with Crippen LogP contribution in [0.5, 0.6) is 0 Å². The number of aliphatic hydroxyl groups is 1. The molecular weight excluding hydrogens is 182 g/mol. The maximum atomic E-state index is 11.5. The molecule has 1 heterocycles. The zero-order valence-corrected chi connectivity index (χ0v) is 7.73. The van der Waals surface area contributed by atoms with Crippen molar-refractivity contribution in [1.29, 1.82) is 0 Å². The van der Waals surface area contributed by atoms with Crippen LogP contribution < -0.4 is 5.32 Å². The molecule has 0 spiro atoms. The molecule has 14 heavy (non-hydrogen) atoms. The Kier molecular flexibility index (Phi) is 2.23. The standard InChI is InChI=1S/C10H11NO3/c1-14-10-8(12)6-4-2-3-5-7(6)9(13)11-10/h2-5,8,10,12H,1H3,(H,11,13). The molecular formula is C10H11NO3. The number of ether oxygens (including phenoxy) is 1. The highest BCUT2D eigenvalue weighted by atomic mass is 16.5. The Bertz CT molecular complexity index is 364. The minimum absolute atomic E-state index is 0.210. The van der Waals surface area contributed by atoms with Gasteiger partial charge in [-0.2, -0.15) is 0 Å². The van der Waals surface area contributed by atoms with Crippen molar-refractivity contribution in [2.45, 2.75) is 12.3 Å². The highest BCUT2D eigenvalue weighted by Gasteiger charge is 2.31. The molecule has 2 N–H and O–H groups in total. The fraction of sp³-hybridized carbons (Fsp3) is 0.300. The second-order valence-electron chi connectivity index (χ2n) is 3.16. The van der Waals surface area contributed by atoms with Crippen molar-refractivity contribution in [3.63, 3.8) is 0 Å². The summed E-state index contributed by atoms with van der Waals surface area (Å²) in [5, 5.41) is 12.4. The molecule has 0 saturated heterocycles. The number of hydrogen-bond donors (Lipinski definition) is 2. The van der Waals surface area contributed by atoms with Crippen LogP contribution in [0.15, 0.2) is 24.3 Å². The molecule has 74 valence electrons. The van der Waals surface area contributed by atoms with Gasteiger partial charge < -0.3 is 15.2 Å². The molecule has 0 radical (unpaired) electrons. The van der Waals surface area contributed by atoms with Crippen molar-refractivity contribution in [2.75, 3.05) is 7.11 Å². The first kappa shape index (κ1) is 9.18. The minimum Gasteiger partial charge on any atom is -0.384 e. The predicted octanol–water partition coefficient (Wildman–Crippen LogP) is 0.436. The molecule has 1 aliphatic rings. The molecule has 0 bridgehead atoms. The van der Waals surface area contributed by atoms with Crippen molar-refractivity contribution in [3.05, 3.63) is 35.4 Å². The minimum atomic E-state index is -0.797. The number of amides is 1. The van der Waals surface area contributed by atoms with Gasteiger partial charge in [-0.1, -0.05) is 18.2 Å². The van der Waals surface area contributed by atoms with Gasteiger partial charge in [0.15, 0.2) is 6.23 Å². The van der Waals surface area contributed by atoms with E-state index in [2.05, 4.69) is 5.32 Å². The summed E-state index contributed by atoms with van der Waals surface area (Å²) in [6, 6.07) is 6.95. The number of nitrogens with one attached hydrogen (secondary N) is 1. The quantitative estimate of drug-likeness (QED) is 0.680. The molecule has 0 aromatic heterocycles. The smallest absolute Gasteiger partial charge is 0.253 e. The number of carbonyl (C=O) groups excluding carboxylic acids is 1. The van der Waals surface area contributed by atoms with Gasteiger partial charge in [-0.15, -0.1) is 0 Å². The topological polar surface area (TPSA) is 58.6 Å². The lowest BCUT2D eigenvalue weighted by Crippen LogP contribution is -2.45. The van der Waals surface area contributed by atoms with Gasteiger partial charge >= 0.3 is 0 Å². The Morgan fingerprint density at radius 1 is 1.43 bits per heavy atom. The van der Waals surface area contributed by atoms with Gasteiger partial charge in [0, 0.05) is 12.7 Å². The molecule has 2 atom stereocenters. The van der Waals surface area contributed by atoms with E-state index in [4.69, 9.17) is 4.74 Å². The Hall–Kier alpha value is -1.39. The van der Waals surface area contributed by atoms with Crippen LogP contribution in [0, 0.1) is 0 Å². The first-order valence-corrected chi connectivity index (χ1v) is 4.34. The number of methoxy groups -OCH3 is 1. The molecule has 2 rings (SSSR count). The first-order chi connectivity index (χ1) is 6.74. The van der Waals surface area contributed by atoms with Crippen LogP contribution in [0.2, 0.25) is 0 Å². The van der Waals surface area contributed by atoms with Crippen molar-refractivity contribution in [1.82, 2.24) is 5.32 Å². The van der Waals surface area contributed by atoms with Crippen LogP contribution in [0.4, 0.5) is 0 Å². The van der Waals surface area contributed by atoms with Crippen LogP contribution in [0.1, 0.15) is 22.0 Å². The van der Waals surface area contributed by atoms with Crippen LogP contribution >= 0.6 is 0 Å². The SMILES string of the molecule is COC1NC(=O)c2ccccc2C1O. The Labute approximate surface area is 81.5 Å². The van der Waals surface area contributed by atoms with Gasteiger partial charge in [-0.05, 0) is 11.6 Å². The highest BCUT2D eigenvalue weighted by molar-refractivity contribution is 5.97. The summed E-state index contributed by atoms with van der Waals surface area (Å²) in [6.45, 7) is 0. The average Bonchev–Trinajstić information content (AvgIpc) is 2.23. The Balaban J connectivity index is 2.46.